The largest absolute Gasteiger partial charge is 0.461 e. The Hall–Kier alpha value is -1.85. The van der Waals surface area contributed by atoms with Gasteiger partial charge in [-0.15, -0.1) is 0 Å². The van der Waals surface area contributed by atoms with Crippen molar-refractivity contribution in [3.8, 4) is 0 Å². The van der Waals surface area contributed by atoms with Crippen molar-refractivity contribution in [1.82, 2.24) is 14.5 Å². The molecule has 0 spiro atoms. The minimum Gasteiger partial charge on any atom is -0.461 e. The number of ether oxygens (including phenoxy) is 1. The van der Waals surface area contributed by atoms with Gasteiger partial charge in [0.05, 0.1) is 13.2 Å². The van der Waals surface area contributed by atoms with E-state index in [-0.39, 0.29) is 11.3 Å². The average molecular weight is 319 g/mol. The molecule has 126 valence electrons. The third kappa shape index (κ3) is 3.12. The van der Waals surface area contributed by atoms with E-state index in [9.17, 15) is 9.59 Å². The van der Waals surface area contributed by atoms with E-state index in [1.165, 1.54) is 6.42 Å². The molecule has 1 aliphatic carbocycles. The molecular formula is C17H25N3O3. The first-order chi connectivity index (χ1) is 11.0. The van der Waals surface area contributed by atoms with Gasteiger partial charge in [-0.2, -0.15) is 0 Å². The van der Waals surface area contributed by atoms with Gasteiger partial charge in [0.25, 0.3) is 0 Å². The molecule has 0 aromatic carbocycles. The van der Waals surface area contributed by atoms with Crippen LogP contribution < -0.4 is 0 Å². The van der Waals surface area contributed by atoms with Crippen LogP contribution in [0.15, 0.2) is 6.20 Å². The van der Waals surface area contributed by atoms with E-state index in [1.54, 1.807) is 13.1 Å². The lowest BCUT2D eigenvalue weighted by Gasteiger charge is -2.38. The second kappa shape index (κ2) is 6.34. The Morgan fingerprint density at radius 2 is 2.00 bits per heavy atom. The molecule has 0 atom stereocenters. The summed E-state index contributed by atoms with van der Waals surface area (Å²) in [5.41, 5.74) is 0.108. The van der Waals surface area contributed by atoms with Gasteiger partial charge in [0.2, 0.25) is 5.91 Å². The second-order valence-corrected chi connectivity index (χ2v) is 6.80. The quantitative estimate of drug-likeness (QED) is 0.802. The number of rotatable bonds is 3. The Balaban J connectivity index is 1.72. The number of fused-ring (bicyclic) bond motifs is 1. The van der Waals surface area contributed by atoms with Crippen molar-refractivity contribution in [2.75, 3.05) is 13.2 Å². The smallest absolute Gasteiger partial charge is 0.358 e. The van der Waals surface area contributed by atoms with Crippen LogP contribution in [0.25, 0.3) is 0 Å². The molecular weight excluding hydrogens is 294 g/mol. The summed E-state index contributed by atoms with van der Waals surface area (Å²) >= 11 is 0. The van der Waals surface area contributed by atoms with E-state index in [0.29, 0.717) is 31.9 Å². The third-order valence-corrected chi connectivity index (χ3v) is 5.05. The highest BCUT2D eigenvalue weighted by atomic mass is 16.5. The molecule has 0 N–H and O–H groups in total. The van der Waals surface area contributed by atoms with Crippen LogP contribution in [0.2, 0.25) is 0 Å². The van der Waals surface area contributed by atoms with Gasteiger partial charge in [0, 0.05) is 24.7 Å². The predicted molar refractivity (Wildman–Crippen MR) is 84.8 cm³/mol. The Labute approximate surface area is 136 Å². The highest BCUT2D eigenvalue weighted by Crippen LogP contribution is 2.38. The number of carbonyl (C=O) groups excluding carboxylic acids is 2. The van der Waals surface area contributed by atoms with Crippen LogP contribution in [0.3, 0.4) is 0 Å². The lowest BCUT2D eigenvalue weighted by atomic mass is 9.74. The molecule has 2 aliphatic rings. The SMILES string of the molecule is CCOC(=O)c1cn2c(n1)CN(C(=O)C1(C)CCCCC1)CC2. The number of carbonyl (C=O) groups is 2. The van der Waals surface area contributed by atoms with Gasteiger partial charge in [-0.1, -0.05) is 26.2 Å². The summed E-state index contributed by atoms with van der Waals surface area (Å²) in [5, 5.41) is 0. The first kappa shape index (κ1) is 16.0. The van der Waals surface area contributed by atoms with Crippen molar-refractivity contribution in [3.05, 3.63) is 17.7 Å². The standard InChI is InChI=1S/C17H25N3O3/c1-3-23-15(21)13-11-19-9-10-20(12-14(19)18-13)16(22)17(2)7-5-4-6-8-17/h11H,3-10,12H2,1-2H3. The number of amides is 1. The molecule has 0 unspecified atom stereocenters. The lowest BCUT2D eigenvalue weighted by molar-refractivity contribution is -0.144. The Morgan fingerprint density at radius 1 is 1.26 bits per heavy atom. The highest BCUT2D eigenvalue weighted by molar-refractivity contribution is 5.87. The van der Waals surface area contributed by atoms with Crippen molar-refractivity contribution >= 4 is 11.9 Å². The van der Waals surface area contributed by atoms with Crippen molar-refractivity contribution in [3.63, 3.8) is 0 Å². The maximum atomic E-state index is 12.9. The third-order valence-electron chi connectivity index (χ3n) is 5.05. The van der Waals surface area contributed by atoms with Crippen molar-refractivity contribution in [2.24, 2.45) is 5.41 Å². The van der Waals surface area contributed by atoms with Crippen LogP contribution in [0.4, 0.5) is 0 Å². The van der Waals surface area contributed by atoms with Gasteiger partial charge in [-0.05, 0) is 19.8 Å². The molecule has 3 rings (SSSR count). The first-order valence-electron chi connectivity index (χ1n) is 8.56. The van der Waals surface area contributed by atoms with E-state index >= 15 is 0 Å². The average Bonchev–Trinajstić information content (AvgIpc) is 2.98. The minimum atomic E-state index is -0.397. The van der Waals surface area contributed by atoms with Gasteiger partial charge < -0.3 is 14.2 Å². The zero-order valence-electron chi connectivity index (χ0n) is 14.0. The predicted octanol–water partition coefficient (Wildman–Crippen LogP) is 2.37. The number of imidazole rings is 1. The van der Waals surface area contributed by atoms with E-state index in [1.807, 2.05) is 9.47 Å². The number of hydrogen-bond donors (Lipinski definition) is 0. The number of nitrogens with zero attached hydrogens (tertiary/aromatic N) is 3. The summed E-state index contributed by atoms with van der Waals surface area (Å²) in [5.74, 6) is 0.614. The Kier molecular flexibility index (Phi) is 4.41. The van der Waals surface area contributed by atoms with Gasteiger partial charge in [-0.3, -0.25) is 4.79 Å². The Bertz CT molecular complexity index is 602. The molecule has 1 amide bonds. The van der Waals surface area contributed by atoms with Crippen molar-refractivity contribution in [1.29, 1.82) is 0 Å². The van der Waals surface area contributed by atoms with E-state index in [4.69, 9.17) is 4.74 Å². The number of aromatic nitrogens is 2. The maximum Gasteiger partial charge on any atom is 0.358 e. The molecule has 1 aromatic heterocycles. The summed E-state index contributed by atoms with van der Waals surface area (Å²) in [7, 11) is 0. The molecule has 0 saturated heterocycles. The van der Waals surface area contributed by atoms with Crippen molar-refractivity contribution < 1.29 is 14.3 Å². The molecule has 0 radical (unpaired) electrons. The molecule has 23 heavy (non-hydrogen) atoms. The summed E-state index contributed by atoms with van der Waals surface area (Å²) in [6.45, 7) is 6.06. The molecule has 2 heterocycles. The summed E-state index contributed by atoms with van der Waals surface area (Å²) in [6.07, 6.45) is 7.19. The maximum absolute atomic E-state index is 12.9. The normalized spacial score (nSPS) is 20.0. The van der Waals surface area contributed by atoms with Crippen LogP contribution in [0, 0.1) is 5.41 Å². The number of esters is 1. The fraction of sp³-hybridized carbons (Fsp3) is 0.706. The topological polar surface area (TPSA) is 64.4 Å². The van der Waals surface area contributed by atoms with Crippen LogP contribution in [-0.4, -0.2) is 39.5 Å². The van der Waals surface area contributed by atoms with E-state index in [0.717, 1.165) is 31.5 Å². The van der Waals surface area contributed by atoms with E-state index < -0.39 is 5.97 Å². The minimum absolute atomic E-state index is 0.225. The molecule has 1 aromatic rings. The van der Waals surface area contributed by atoms with Gasteiger partial charge in [0.1, 0.15) is 5.82 Å². The number of hydrogen-bond acceptors (Lipinski definition) is 4. The zero-order valence-corrected chi connectivity index (χ0v) is 14.0. The van der Waals surface area contributed by atoms with Crippen LogP contribution >= 0.6 is 0 Å². The zero-order chi connectivity index (χ0) is 16.4. The van der Waals surface area contributed by atoms with E-state index in [2.05, 4.69) is 11.9 Å². The molecule has 1 fully saturated rings. The molecule has 1 aliphatic heterocycles. The monoisotopic (exact) mass is 319 g/mol. The highest BCUT2D eigenvalue weighted by Gasteiger charge is 2.38. The Morgan fingerprint density at radius 3 is 2.70 bits per heavy atom. The van der Waals surface area contributed by atoms with Gasteiger partial charge >= 0.3 is 5.97 Å². The molecule has 6 nitrogen and oxygen atoms in total. The van der Waals surface area contributed by atoms with Crippen LogP contribution in [0.1, 0.15) is 62.3 Å². The van der Waals surface area contributed by atoms with Crippen molar-refractivity contribution in [2.45, 2.75) is 59.0 Å². The lowest BCUT2D eigenvalue weighted by Crippen LogP contribution is -2.46. The van der Waals surface area contributed by atoms with Gasteiger partial charge in [-0.25, -0.2) is 9.78 Å². The fourth-order valence-electron chi connectivity index (χ4n) is 3.66. The molecule has 1 saturated carbocycles. The summed E-state index contributed by atoms with van der Waals surface area (Å²) < 4.78 is 6.95. The molecule has 0 bridgehead atoms. The second-order valence-electron chi connectivity index (χ2n) is 6.80. The van der Waals surface area contributed by atoms with Gasteiger partial charge in [0.15, 0.2) is 5.69 Å². The summed E-state index contributed by atoms with van der Waals surface area (Å²) in [4.78, 5) is 31.0. The summed E-state index contributed by atoms with van der Waals surface area (Å²) in [6, 6.07) is 0. The van der Waals surface area contributed by atoms with Crippen LogP contribution in [0.5, 0.6) is 0 Å². The van der Waals surface area contributed by atoms with Crippen LogP contribution in [-0.2, 0) is 22.6 Å². The molecule has 6 heteroatoms. The fourth-order valence-corrected chi connectivity index (χ4v) is 3.66. The first-order valence-corrected chi connectivity index (χ1v) is 8.56.